The number of aromatic nitrogens is 2. The van der Waals surface area contributed by atoms with E-state index in [2.05, 4.69) is 14.5 Å². The van der Waals surface area contributed by atoms with Gasteiger partial charge >= 0.3 is 0 Å². The standard InChI is InChI=1S/C16H23FN4/c17-13-5-6-15-14(11-13)19-16(12-20-8-3-4-9-20)21(15)10-2-1-7-18/h5-6,11H,1-4,7-10,12,18H2. The lowest BCUT2D eigenvalue weighted by Crippen LogP contribution is -2.21. The average Bonchev–Trinajstić information content (AvgIpc) is 3.08. The Balaban J connectivity index is 1.89. The Morgan fingerprint density at radius 1 is 1.19 bits per heavy atom. The predicted octanol–water partition coefficient (Wildman–Crippen LogP) is 2.51. The highest BCUT2D eigenvalue weighted by Gasteiger charge is 2.17. The number of fused-ring (bicyclic) bond motifs is 1. The van der Waals surface area contributed by atoms with Crippen LogP contribution in [-0.4, -0.2) is 34.1 Å². The summed E-state index contributed by atoms with van der Waals surface area (Å²) in [5.41, 5.74) is 7.38. The van der Waals surface area contributed by atoms with Crippen molar-refractivity contribution in [1.29, 1.82) is 0 Å². The zero-order valence-electron chi connectivity index (χ0n) is 12.4. The fraction of sp³-hybridized carbons (Fsp3) is 0.562. The number of aryl methyl sites for hydroxylation is 1. The van der Waals surface area contributed by atoms with E-state index < -0.39 is 0 Å². The summed E-state index contributed by atoms with van der Waals surface area (Å²) < 4.78 is 15.7. The molecule has 3 rings (SSSR count). The van der Waals surface area contributed by atoms with Gasteiger partial charge in [-0.3, -0.25) is 4.90 Å². The molecule has 2 N–H and O–H groups in total. The molecule has 0 aliphatic carbocycles. The molecule has 0 radical (unpaired) electrons. The van der Waals surface area contributed by atoms with Gasteiger partial charge in [-0.2, -0.15) is 0 Å². The third-order valence-corrected chi connectivity index (χ3v) is 4.19. The third-order valence-electron chi connectivity index (χ3n) is 4.19. The molecule has 1 aliphatic heterocycles. The first-order valence-corrected chi connectivity index (χ1v) is 7.85. The summed E-state index contributed by atoms with van der Waals surface area (Å²) >= 11 is 0. The highest BCUT2D eigenvalue weighted by atomic mass is 19.1. The maximum Gasteiger partial charge on any atom is 0.125 e. The van der Waals surface area contributed by atoms with Crippen LogP contribution >= 0.6 is 0 Å². The van der Waals surface area contributed by atoms with Gasteiger partial charge in [-0.25, -0.2) is 9.37 Å². The van der Waals surface area contributed by atoms with Crippen LogP contribution in [0.15, 0.2) is 18.2 Å². The molecule has 5 heteroatoms. The predicted molar refractivity (Wildman–Crippen MR) is 82.5 cm³/mol. The van der Waals surface area contributed by atoms with Crippen LogP contribution in [0, 0.1) is 5.82 Å². The van der Waals surface area contributed by atoms with Crippen molar-refractivity contribution in [3.63, 3.8) is 0 Å². The van der Waals surface area contributed by atoms with Crippen molar-refractivity contribution < 1.29 is 4.39 Å². The maximum absolute atomic E-state index is 13.4. The van der Waals surface area contributed by atoms with E-state index >= 15 is 0 Å². The van der Waals surface area contributed by atoms with Gasteiger partial charge < -0.3 is 10.3 Å². The Labute approximate surface area is 124 Å². The molecule has 0 unspecified atom stereocenters. The smallest absolute Gasteiger partial charge is 0.125 e. The monoisotopic (exact) mass is 290 g/mol. The Hall–Kier alpha value is -1.46. The summed E-state index contributed by atoms with van der Waals surface area (Å²) in [5, 5.41) is 0. The Morgan fingerprint density at radius 3 is 2.76 bits per heavy atom. The molecular weight excluding hydrogens is 267 g/mol. The number of benzene rings is 1. The van der Waals surface area contributed by atoms with Crippen molar-refractivity contribution in [1.82, 2.24) is 14.5 Å². The summed E-state index contributed by atoms with van der Waals surface area (Å²) in [6.07, 6.45) is 4.57. The topological polar surface area (TPSA) is 47.1 Å². The van der Waals surface area contributed by atoms with Crippen LogP contribution in [0.1, 0.15) is 31.5 Å². The summed E-state index contributed by atoms with van der Waals surface area (Å²) in [4.78, 5) is 7.09. The van der Waals surface area contributed by atoms with Crippen LogP contribution in [0.4, 0.5) is 4.39 Å². The number of likely N-dealkylation sites (tertiary alicyclic amines) is 1. The summed E-state index contributed by atoms with van der Waals surface area (Å²) in [5.74, 6) is 0.830. The molecule has 1 saturated heterocycles. The zero-order chi connectivity index (χ0) is 14.7. The van der Waals surface area contributed by atoms with E-state index in [9.17, 15) is 4.39 Å². The first-order valence-electron chi connectivity index (χ1n) is 7.85. The molecule has 0 spiro atoms. The van der Waals surface area contributed by atoms with E-state index in [1.807, 2.05) is 6.07 Å². The lowest BCUT2D eigenvalue weighted by Gasteiger charge is -2.16. The minimum Gasteiger partial charge on any atom is -0.330 e. The normalized spacial score (nSPS) is 16.1. The van der Waals surface area contributed by atoms with Crippen LogP contribution in [0.2, 0.25) is 0 Å². The van der Waals surface area contributed by atoms with E-state index in [0.29, 0.717) is 6.54 Å². The number of halogens is 1. The van der Waals surface area contributed by atoms with Gasteiger partial charge in [-0.1, -0.05) is 0 Å². The van der Waals surface area contributed by atoms with E-state index in [1.165, 1.54) is 25.0 Å². The van der Waals surface area contributed by atoms with Crippen LogP contribution in [-0.2, 0) is 13.1 Å². The lowest BCUT2D eigenvalue weighted by molar-refractivity contribution is 0.316. The summed E-state index contributed by atoms with van der Waals surface area (Å²) in [7, 11) is 0. The SMILES string of the molecule is NCCCCn1c(CN2CCCC2)nc2cc(F)ccc21. The van der Waals surface area contributed by atoms with Crippen LogP contribution in [0.5, 0.6) is 0 Å². The highest BCUT2D eigenvalue weighted by Crippen LogP contribution is 2.21. The largest absolute Gasteiger partial charge is 0.330 e. The molecule has 114 valence electrons. The Kier molecular flexibility index (Phi) is 4.51. The molecule has 0 amide bonds. The number of nitrogens with two attached hydrogens (primary N) is 1. The third kappa shape index (κ3) is 3.24. The second-order valence-corrected chi connectivity index (χ2v) is 5.79. The first-order chi connectivity index (χ1) is 10.3. The molecule has 2 aromatic rings. The quantitative estimate of drug-likeness (QED) is 0.832. The molecule has 2 heterocycles. The van der Waals surface area contributed by atoms with Gasteiger partial charge in [0.1, 0.15) is 11.6 Å². The fourth-order valence-corrected chi connectivity index (χ4v) is 3.08. The van der Waals surface area contributed by atoms with Crippen molar-refractivity contribution in [2.24, 2.45) is 5.73 Å². The second-order valence-electron chi connectivity index (χ2n) is 5.79. The Morgan fingerprint density at radius 2 is 2.00 bits per heavy atom. The fourth-order valence-electron chi connectivity index (χ4n) is 3.08. The van der Waals surface area contributed by atoms with Gasteiger partial charge in [0.05, 0.1) is 17.6 Å². The number of unbranched alkanes of at least 4 members (excludes halogenated alkanes) is 1. The molecule has 0 atom stereocenters. The van der Waals surface area contributed by atoms with Crippen molar-refractivity contribution in [2.75, 3.05) is 19.6 Å². The molecule has 21 heavy (non-hydrogen) atoms. The van der Waals surface area contributed by atoms with Gasteiger partial charge in [-0.05, 0) is 57.5 Å². The number of rotatable bonds is 6. The molecular formula is C16H23FN4. The van der Waals surface area contributed by atoms with Crippen molar-refractivity contribution >= 4 is 11.0 Å². The van der Waals surface area contributed by atoms with Crippen molar-refractivity contribution in [3.8, 4) is 0 Å². The first kappa shape index (κ1) is 14.5. The molecule has 1 aliphatic rings. The van der Waals surface area contributed by atoms with Crippen molar-refractivity contribution in [2.45, 2.75) is 38.8 Å². The highest BCUT2D eigenvalue weighted by molar-refractivity contribution is 5.76. The molecule has 0 saturated carbocycles. The molecule has 0 bridgehead atoms. The van der Waals surface area contributed by atoms with Gasteiger partial charge in [0.25, 0.3) is 0 Å². The van der Waals surface area contributed by atoms with Crippen LogP contribution < -0.4 is 5.73 Å². The van der Waals surface area contributed by atoms with Gasteiger partial charge in [-0.15, -0.1) is 0 Å². The van der Waals surface area contributed by atoms with E-state index in [4.69, 9.17) is 5.73 Å². The average molecular weight is 290 g/mol. The van der Waals surface area contributed by atoms with Crippen LogP contribution in [0.3, 0.4) is 0 Å². The van der Waals surface area contributed by atoms with E-state index in [1.54, 1.807) is 0 Å². The molecule has 4 nitrogen and oxygen atoms in total. The van der Waals surface area contributed by atoms with Crippen LogP contribution in [0.25, 0.3) is 11.0 Å². The minimum atomic E-state index is -0.221. The number of imidazole rings is 1. The summed E-state index contributed by atoms with van der Waals surface area (Å²) in [6, 6.07) is 4.89. The summed E-state index contributed by atoms with van der Waals surface area (Å²) in [6.45, 7) is 4.75. The molecule has 1 aromatic heterocycles. The van der Waals surface area contributed by atoms with Gasteiger partial charge in [0, 0.05) is 12.6 Å². The lowest BCUT2D eigenvalue weighted by atomic mass is 10.2. The van der Waals surface area contributed by atoms with Gasteiger partial charge in [0.15, 0.2) is 0 Å². The zero-order valence-corrected chi connectivity index (χ0v) is 12.4. The molecule has 1 fully saturated rings. The van der Waals surface area contributed by atoms with E-state index in [-0.39, 0.29) is 5.82 Å². The van der Waals surface area contributed by atoms with E-state index in [0.717, 1.165) is 55.9 Å². The maximum atomic E-state index is 13.4. The number of hydrogen-bond donors (Lipinski definition) is 1. The van der Waals surface area contributed by atoms with Crippen molar-refractivity contribution in [3.05, 3.63) is 29.8 Å². The second kappa shape index (κ2) is 6.54. The number of nitrogens with zero attached hydrogens (tertiary/aromatic N) is 3. The number of hydrogen-bond acceptors (Lipinski definition) is 3. The minimum absolute atomic E-state index is 0.221. The molecule has 1 aromatic carbocycles. The van der Waals surface area contributed by atoms with Gasteiger partial charge in [0.2, 0.25) is 0 Å². The Bertz CT molecular complexity index is 602.